The van der Waals surface area contributed by atoms with Crippen LogP contribution in [0, 0.1) is 5.92 Å². The van der Waals surface area contributed by atoms with Crippen molar-refractivity contribution in [1.29, 1.82) is 0 Å². The third kappa shape index (κ3) is 4.97. The Bertz CT molecular complexity index is 1150. The number of H-pyrrole nitrogens is 1. The van der Waals surface area contributed by atoms with E-state index in [2.05, 4.69) is 20.0 Å². The molecule has 0 saturated carbocycles. The Morgan fingerprint density at radius 1 is 1.32 bits per heavy atom. The maximum Gasteiger partial charge on any atom is 0.357 e. The number of imidazole rings is 1. The van der Waals surface area contributed by atoms with Gasteiger partial charge in [-0.05, 0) is 24.5 Å². The predicted molar refractivity (Wildman–Crippen MR) is 118 cm³/mol. The Morgan fingerprint density at radius 3 is 2.61 bits per heavy atom. The smallest absolute Gasteiger partial charge is 0.357 e. The highest BCUT2D eigenvalue weighted by Gasteiger charge is 2.29. The van der Waals surface area contributed by atoms with E-state index in [1.165, 1.54) is 12.5 Å². The molecule has 0 aliphatic rings. The van der Waals surface area contributed by atoms with Crippen molar-refractivity contribution >= 4 is 39.9 Å². The number of thiazole rings is 1. The summed E-state index contributed by atoms with van der Waals surface area (Å²) >= 11 is 6.96. The first kappa shape index (κ1) is 22.6. The highest BCUT2D eigenvalue weighted by atomic mass is 35.5. The van der Waals surface area contributed by atoms with Crippen molar-refractivity contribution in [3.05, 3.63) is 50.8 Å². The molecule has 0 fully saturated rings. The summed E-state index contributed by atoms with van der Waals surface area (Å²) in [7, 11) is 1.23. The summed E-state index contributed by atoms with van der Waals surface area (Å²) in [4.78, 5) is 43.9. The fourth-order valence-electron chi connectivity index (χ4n) is 3.04. The molecule has 0 aliphatic carbocycles. The number of carbonyl (C=O) groups is 2. The Balaban J connectivity index is 1.94. The number of aromatic hydroxyl groups is 1. The van der Waals surface area contributed by atoms with Crippen molar-refractivity contribution in [2.24, 2.45) is 5.92 Å². The van der Waals surface area contributed by atoms with Crippen LogP contribution in [0.1, 0.15) is 36.8 Å². The predicted octanol–water partition coefficient (Wildman–Crippen LogP) is 3.67. The lowest BCUT2D eigenvalue weighted by atomic mass is 10.0. The van der Waals surface area contributed by atoms with Gasteiger partial charge in [0.25, 0.3) is 0 Å². The van der Waals surface area contributed by atoms with Crippen molar-refractivity contribution in [3.8, 4) is 17.1 Å². The van der Waals surface area contributed by atoms with E-state index < -0.39 is 23.6 Å². The zero-order valence-corrected chi connectivity index (χ0v) is 18.6. The van der Waals surface area contributed by atoms with Crippen molar-refractivity contribution in [2.75, 3.05) is 12.4 Å². The molecule has 0 unspecified atom stereocenters. The van der Waals surface area contributed by atoms with Crippen LogP contribution in [0.15, 0.2) is 34.4 Å². The summed E-state index contributed by atoms with van der Waals surface area (Å²) in [5.74, 6) is -1.48. The molecule has 2 aromatic heterocycles. The van der Waals surface area contributed by atoms with E-state index in [9.17, 15) is 19.5 Å². The van der Waals surface area contributed by atoms with Gasteiger partial charge in [-0.1, -0.05) is 37.6 Å². The van der Waals surface area contributed by atoms with Gasteiger partial charge >= 0.3 is 11.7 Å². The summed E-state index contributed by atoms with van der Waals surface area (Å²) in [5, 5.41) is 15.5. The standard InChI is InChI=1S/C20H21ClN4O5S/c1-10(2)8-14(16(26)24-19-22-13(9-31-19)18(28)30-3)25-17(27)15(23-20(25)29)11-4-6-12(21)7-5-11/h4-7,9-10,14,27H,8H2,1-3H3,(H,23,29)(H,22,24,26)/t14-/m0/s1. The van der Waals surface area contributed by atoms with Gasteiger partial charge in [-0.3, -0.25) is 9.36 Å². The lowest BCUT2D eigenvalue weighted by molar-refractivity contribution is -0.119. The summed E-state index contributed by atoms with van der Waals surface area (Å²) in [6.07, 6.45) is 0.284. The lowest BCUT2D eigenvalue weighted by Crippen LogP contribution is -2.33. The zero-order valence-electron chi connectivity index (χ0n) is 17.0. The van der Waals surface area contributed by atoms with E-state index in [0.717, 1.165) is 15.9 Å². The molecule has 2 heterocycles. The first-order valence-corrected chi connectivity index (χ1v) is 10.6. The number of nitrogens with zero attached hydrogens (tertiary/aromatic N) is 2. The van der Waals surface area contributed by atoms with Crippen molar-refractivity contribution < 1.29 is 19.4 Å². The lowest BCUT2D eigenvalue weighted by Gasteiger charge is -2.19. The van der Waals surface area contributed by atoms with Crippen LogP contribution >= 0.6 is 22.9 Å². The highest BCUT2D eigenvalue weighted by Crippen LogP contribution is 2.31. The van der Waals surface area contributed by atoms with Gasteiger partial charge in [0.1, 0.15) is 11.7 Å². The average Bonchev–Trinajstić information content (AvgIpc) is 3.30. The summed E-state index contributed by atoms with van der Waals surface area (Å²) < 4.78 is 5.63. The largest absolute Gasteiger partial charge is 0.493 e. The van der Waals surface area contributed by atoms with E-state index >= 15 is 0 Å². The average molecular weight is 465 g/mol. The molecule has 0 spiro atoms. The number of nitrogens with one attached hydrogen (secondary N) is 2. The van der Waals surface area contributed by atoms with Gasteiger partial charge in [0, 0.05) is 16.0 Å². The number of carbonyl (C=O) groups excluding carboxylic acids is 2. The second kappa shape index (κ2) is 9.36. The van der Waals surface area contributed by atoms with Crippen molar-refractivity contribution in [2.45, 2.75) is 26.3 Å². The molecule has 3 aromatic rings. The van der Waals surface area contributed by atoms with Gasteiger partial charge in [0.2, 0.25) is 11.8 Å². The summed E-state index contributed by atoms with van der Waals surface area (Å²) in [6, 6.07) is 5.56. The Hall–Kier alpha value is -3.11. The normalized spacial score (nSPS) is 12.0. The second-order valence-corrected chi connectivity index (χ2v) is 8.46. The number of methoxy groups -OCH3 is 1. The Labute approximate surface area is 186 Å². The van der Waals surface area contributed by atoms with Crippen LogP contribution in [0.25, 0.3) is 11.3 Å². The number of hydrogen-bond donors (Lipinski definition) is 3. The molecule has 1 amide bonds. The van der Waals surface area contributed by atoms with Gasteiger partial charge in [-0.2, -0.15) is 0 Å². The molecule has 1 atom stereocenters. The van der Waals surface area contributed by atoms with Gasteiger partial charge < -0.3 is 20.1 Å². The van der Waals surface area contributed by atoms with Crippen molar-refractivity contribution in [1.82, 2.24) is 14.5 Å². The summed E-state index contributed by atoms with van der Waals surface area (Å²) in [5.41, 5.74) is 0.169. The number of amides is 1. The molecule has 164 valence electrons. The molecular formula is C20H21ClN4O5S. The number of ether oxygens (including phenoxy) is 1. The third-order valence-corrected chi connectivity index (χ3v) is 5.48. The van der Waals surface area contributed by atoms with Crippen molar-refractivity contribution in [3.63, 3.8) is 0 Å². The molecular weight excluding hydrogens is 444 g/mol. The van der Waals surface area contributed by atoms with Gasteiger partial charge in [0.15, 0.2) is 10.8 Å². The fourth-order valence-corrected chi connectivity index (χ4v) is 3.85. The number of anilines is 1. The molecule has 31 heavy (non-hydrogen) atoms. The second-order valence-electron chi connectivity index (χ2n) is 7.17. The first-order chi connectivity index (χ1) is 14.7. The summed E-state index contributed by atoms with van der Waals surface area (Å²) in [6.45, 7) is 3.79. The number of hydrogen-bond acceptors (Lipinski definition) is 7. The molecule has 3 N–H and O–H groups in total. The number of rotatable bonds is 7. The SMILES string of the molecule is COC(=O)c1csc(NC(=O)[C@H](CC(C)C)n2c(O)c(-c3ccc(Cl)cc3)[nH]c2=O)n1. The minimum absolute atomic E-state index is 0.0397. The Morgan fingerprint density at radius 2 is 2.00 bits per heavy atom. The van der Waals surface area contributed by atoms with Gasteiger partial charge in [-0.15, -0.1) is 11.3 Å². The number of aromatic amines is 1. The van der Waals surface area contributed by atoms with E-state index in [1.54, 1.807) is 24.3 Å². The number of aromatic nitrogens is 3. The maximum atomic E-state index is 13.0. The molecule has 3 rings (SSSR count). The number of benzene rings is 1. The number of halogens is 1. The monoisotopic (exact) mass is 464 g/mol. The van der Waals surface area contributed by atoms with E-state index in [0.29, 0.717) is 10.6 Å². The first-order valence-electron chi connectivity index (χ1n) is 9.35. The van der Waals surface area contributed by atoms with E-state index in [1.807, 2.05) is 13.8 Å². The van der Waals surface area contributed by atoms with Crippen LogP contribution in [0.5, 0.6) is 5.88 Å². The van der Waals surface area contributed by atoms with Gasteiger partial charge in [0.05, 0.1) is 7.11 Å². The zero-order chi connectivity index (χ0) is 22.7. The van der Waals surface area contributed by atoms with Crippen LogP contribution in [-0.2, 0) is 9.53 Å². The minimum Gasteiger partial charge on any atom is -0.493 e. The van der Waals surface area contributed by atoms with Crippen LogP contribution in [0.3, 0.4) is 0 Å². The van der Waals surface area contributed by atoms with Crippen LogP contribution in [0.2, 0.25) is 5.02 Å². The highest BCUT2D eigenvalue weighted by molar-refractivity contribution is 7.14. The number of esters is 1. The maximum absolute atomic E-state index is 13.0. The third-order valence-electron chi connectivity index (χ3n) is 4.47. The quantitative estimate of drug-likeness (QED) is 0.458. The molecule has 11 heteroatoms. The topological polar surface area (TPSA) is 126 Å². The van der Waals surface area contributed by atoms with Gasteiger partial charge in [-0.25, -0.2) is 14.6 Å². The molecule has 0 radical (unpaired) electrons. The van der Waals surface area contributed by atoms with Crippen LogP contribution in [-0.4, -0.2) is 38.6 Å². The van der Waals surface area contributed by atoms with Crippen LogP contribution < -0.4 is 11.0 Å². The van der Waals surface area contributed by atoms with E-state index in [-0.39, 0.29) is 34.7 Å². The molecule has 0 saturated heterocycles. The molecule has 0 aliphatic heterocycles. The molecule has 1 aromatic carbocycles. The minimum atomic E-state index is -1.00. The molecule has 9 nitrogen and oxygen atoms in total. The molecule has 0 bridgehead atoms. The fraction of sp³-hybridized carbons (Fsp3) is 0.300. The van der Waals surface area contributed by atoms with Crippen LogP contribution in [0.4, 0.5) is 5.13 Å². The Kier molecular flexibility index (Phi) is 6.81. The van der Waals surface area contributed by atoms with E-state index in [4.69, 9.17) is 11.6 Å².